The smallest absolute Gasteiger partial charge is 0.261 e. The van der Waals surface area contributed by atoms with Crippen LogP contribution >= 0.6 is 12.4 Å². The average molecular weight is 270 g/mol. The summed E-state index contributed by atoms with van der Waals surface area (Å²) in [5.41, 5.74) is 7.36. The number of aryl methyl sites for hydroxylation is 2. The van der Waals surface area contributed by atoms with Crippen molar-refractivity contribution in [3.05, 3.63) is 30.0 Å². The van der Waals surface area contributed by atoms with Crippen LogP contribution in [0.1, 0.15) is 5.56 Å². The van der Waals surface area contributed by atoms with Crippen LogP contribution in [0.25, 0.3) is 0 Å². The van der Waals surface area contributed by atoms with E-state index in [-0.39, 0.29) is 12.4 Å². The minimum Gasteiger partial charge on any atom is -0.493 e. The number of anilines is 1. The van der Waals surface area contributed by atoms with Gasteiger partial charge >= 0.3 is 0 Å². The average Bonchev–Trinajstić information content (AvgIpc) is 2.60. The van der Waals surface area contributed by atoms with Gasteiger partial charge in [0, 0.05) is 7.05 Å². The number of nitrogen functional groups attached to an aromatic ring is 1. The molecule has 0 amide bonds. The van der Waals surface area contributed by atoms with Gasteiger partial charge in [-0.05, 0) is 24.6 Å². The van der Waals surface area contributed by atoms with Crippen molar-refractivity contribution >= 4 is 18.1 Å². The Balaban J connectivity index is 0.00000162. The normalized spacial score (nSPS) is 9.72. The van der Waals surface area contributed by atoms with Crippen molar-refractivity contribution in [3.63, 3.8) is 0 Å². The summed E-state index contributed by atoms with van der Waals surface area (Å²) in [6, 6.07) is 5.67. The van der Waals surface area contributed by atoms with Gasteiger partial charge in [-0.1, -0.05) is 6.07 Å². The zero-order valence-electron chi connectivity index (χ0n) is 10.5. The summed E-state index contributed by atoms with van der Waals surface area (Å²) in [4.78, 5) is 0. The van der Waals surface area contributed by atoms with Gasteiger partial charge in [-0.2, -0.15) is 0 Å². The predicted octanol–water partition coefficient (Wildman–Crippen LogP) is 2.53. The molecule has 0 fully saturated rings. The molecule has 0 radical (unpaired) electrons. The molecule has 6 heteroatoms. The quantitative estimate of drug-likeness (QED) is 0.930. The maximum absolute atomic E-state index is 5.76. The van der Waals surface area contributed by atoms with E-state index in [1.807, 2.05) is 25.1 Å². The molecule has 18 heavy (non-hydrogen) atoms. The molecule has 0 aliphatic carbocycles. The van der Waals surface area contributed by atoms with E-state index in [0.717, 1.165) is 5.56 Å². The first-order valence-corrected chi connectivity index (χ1v) is 5.22. The highest BCUT2D eigenvalue weighted by molar-refractivity contribution is 5.85. The third-order valence-electron chi connectivity index (χ3n) is 2.35. The molecule has 0 aliphatic rings. The van der Waals surface area contributed by atoms with Gasteiger partial charge in [0.1, 0.15) is 5.69 Å². The Morgan fingerprint density at radius 1 is 1.28 bits per heavy atom. The lowest BCUT2D eigenvalue weighted by Crippen LogP contribution is -1.94. The standard InChI is InChI=1S/C12H15N3O2.ClH/c1-8-4-5-10(11(6-8)16-3)17-12-9(13)7-15(2)14-12;/h4-7H,13H2,1-3H3;1H. The number of methoxy groups -OCH3 is 1. The lowest BCUT2D eigenvalue weighted by atomic mass is 10.2. The van der Waals surface area contributed by atoms with Crippen LogP contribution in [0.2, 0.25) is 0 Å². The van der Waals surface area contributed by atoms with Gasteiger partial charge in [-0.3, -0.25) is 4.68 Å². The Labute approximate surface area is 112 Å². The van der Waals surface area contributed by atoms with Gasteiger partial charge in [0.05, 0.1) is 13.3 Å². The van der Waals surface area contributed by atoms with Crippen molar-refractivity contribution in [2.75, 3.05) is 12.8 Å². The number of nitrogens with zero attached hydrogens (tertiary/aromatic N) is 2. The molecule has 1 aromatic heterocycles. The summed E-state index contributed by atoms with van der Waals surface area (Å²) in [5, 5.41) is 4.12. The molecule has 5 nitrogen and oxygen atoms in total. The van der Waals surface area contributed by atoms with Crippen molar-refractivity contribution < 1.29 is 9.47 Å². The van der Waals surface area contributed by atoms with Crippen LogP contribution in [0.5, 0.6) is 17.4 Å². The summed E-state index contributed by atoms with van der Waals surface area (Å²) < 4.78 is 12.5. The molecule has 2 aromatic rings. The molecule has 98 valence electrons. The topological polar surface area (TPSA) is 62.3 Å². The van der Waals surface area contributed by atoms with E-state index in [4.69, 9.17) is 15.2 Å². The zero-order chi connectivity index (χ0) is 12.4. The molecule has 0 atom stereocenters. The summed E-state index contributed by atoms with van der Waals surface area (Å²) in [7, 11) is 3.39. The van der Waals surface area contributed by atoms with Crippen LogP contribution < -0.4 is 15.2 Å². The Hall–Kier alpha value is -1.88. The third kappa shape index (κ3) is 2.87. The van der Waals surface area contributed by atoms with Gasteiger partial charge in [0.15, 0.2) is 11.5 Å². The van der Waals surface area contributed by atoms with Crippen molar-refractivity contribution in [1.82, 2.24) is 9.78 Å². The van der Waals surface area contributed by atoms with Gasteiger partial charge in [0.2, 0.25) is 0 Å². The first-order chi connectivity index (χ1) is 8.10. The van der Waals surface area contributed by atoms with E-state index in [1.165, 1.54) is 0 Å². The molecule has 0 saturated heterocycles. The van der Waals surface area contributed by atoms with Crippen LogP contribution in [0.15, 0.2) is 24.4 Å². The molecule has 0 aliphatic heterocycles. The summed E-state index contributed by atoms with van der Waals surface area (Å²) in [6.45, 7) is 1.99. The van der Waals surface area contributed by atoms with Gasteiger partial charge in [-0.25, -0.2) is 0 Å². The summed E-state index contributed by atoms with van der Waals surface area (Å²) in [5.74, 6) is 1.65. The number of hydrogen-bond acceptors (Lipinski definition) is 4. The fourth-order valence-electron chi connectivity index (χ4n) is 1.53. The van der Waals surface area contributed by atoms with Crippen LogP contribution in [-0.2, 0) is 7.05 Å². The van der Waals surface area contributed by atoms with Gasteiger partial charge in [0.25, 0.3) is 5.88 Å². The number of halogens is 1. The first kappa shape index (κ1) is 14.2. The minimum absolute atomic E-state index is 0. The molecule has 0 bridgehead atoms. The number of nitrogens with two attached hydrogens (primary N) is 1. The Kier molecular flexibility index (Phi) is 4.44. The number of rotatable bonds is 3. The van der Waals surface area contributed by atoms with Crippen LogP contribution in [0.4, 0.5) is 5.69 Å². The third-order valence-corrected chi connectivity index (χ3v) is 2.35. The van der Waals surface area contributed by atoms with E-state index in [0.29, 0.717) is 23.1 Å². The second-order valence-corrected chi connectivity index (χ2v) is 3.82. The van der Waals surface area contributed by atoms with Gasteiger partial charge in [-0.15, -0.1) is 17.5 Å². The molecule has 0 spiro atoms. The Morgan fingerprint density at radius 3 is 2.56 bits per heavy atom. The minimum atomic E-state index is 0. The highest BCUT2D eigenvalue weighted by Gasteiger charge is 2.10. The zero-order valence-corrected chi connectivity index (χ0v) is 11.3. The van der Waals surface area contributed by atoms with E-state index < -0.39 is 0 Å². The number of hydrogen-bond donors (Lipinski definition) is 1. The van der Waals surface area contributed by atoms with Gasteiger partial charge < -0.3 is 15.2 Å². The van der Waals surface area contributed by atoms with E-state index in [9.17, 15) is 0 Å². The summed E-state index contributed by atoms with van der Waals surface area (Å²) in [6.07, 6.45) is 1.69. The molecular formula is C12H16ClN3O2. The van der Waals surface area contributed by atoms with Crippen LogP contribution in [0.3, 0.4) is 0 Å². The summed E-state index contributed by atoms with van der Waals surface area (Å²) >= 11 is 0. The van der Waals surface area contributed by atoms with Crippen molar-refractivity contribution in [1.29, 1.82) is 0 Å². The fraction of sp³-hybridized carbons (Fsp3) is 0.250. The van der Waals surface area contributed by atoms with Crippen molar-refractivity contribution in [2.45, 2.75) is 6.92 Å². The maximum Gasteiger partial charge on any atom is 0.261 e. The maximum atomic E-state index is 5.76. The lowest BCUT2D eigenvalue weighted by molar-refractivity contribution is 0.372. The highest BCUT2D eigenvalue weighted by Crippen LogP contribution is 2.33. The van der Waals surface area contributed by atoms with Crippen LogP contribution in [-0.4, -0.2) is 16.9 Å². The second-order valence-electron chi connectivity index (χ2n) is 3.82. The molecule has 2 N–H and O–H groups in total. The van der Waals surface area contributed by atoms with E-state index in [2.05, 4.69) is 5.10 Å². The Morgan fingerprint density at radius 2 is 2.00 bits per heavy atom. The van der Waals surface area contributed by atoms with Crippen LogP contribution in [0, 0.1) is 6.92 Å². The largest absolute Gasteiger partial charge is 0.493 e. The van der Waals surface area contributed by atoms with E-state index >= 15 is 0 Å². The molecule has 1 aromatic carbocycles. The number of ether oxygens (including phenoxy) is 2. The number of benzene rings is 1. The molecule has 0 saturated carbocycles. The molecule has 1 heterocycles. The van der Waals surface area contributed by atoms with E-state index in [1.54, 1.807) is 25.0 Å². The van der Waals surface area contributed by atoms with Crippen molar-refractivity contribution in [3.8, 4) is 17.4 Å². The molecule has 0 unspecified atom stereocenters. The van der Waals surface area contributed by atoms with Crippen molar-refractivity contribution in [2.24, 2.45) is 7.05 Å². The monoisotopic (exact) mass is 269 g/mol. The SMILES string of the molecule is COc1cc(C)ccc1Oc1nn(C)cc1N.Cl. The molecular weight excluding hydrogens is 254 g/mol. The number of aromatic nitrogens is 2. The Bertz CT molecular complexity index is 540. The highest BCUT2D eigenvalue weighted by atomic mass is 35.5. The first-order valence-electron chi connectivity index (χ1n) is 5.22. The fourth-order valence-corrected chi connectivity index (χ4v) is 1.53. The predicted molar refractivity (Wildman–Crippen MR) is 72.7 cm³/mol. The lowest BCUT2D eigenvalue weighted by Gasteiger charge is -2.09. The molecule has 2 rings (SSSR count). The second kappa shape index (κ2) is 5.64.